The van der Waals surface area contributed by atoms with E-state index in [1.54, 1.807) is 0 Å². The number of allylic oxidation sites excluding steroid dienone is 8. The molecular formula is C61H110O6. The second kappa shape index (κ2) is 56.0. The van der Waals surface area contributed by atoms with Gasteiger partial charge in [-0.05, 0) is 77.0 Å². The third-order valence-electron chi connectivity index (χ3n) is 12.8. The Bertz CT molecular complexity index is 1170. The van der Waals surface area contributed by atoms with Crippen molar-refractivity contribution in [2.75, 3.05) is 13.2 Å². The van der Waals surface area contributed by atoms with Gasteiger partial charge in [0.2, 0.25) is 0 Å². The zero-order valence-corrected chi connectivity index (χ0v) is 44.7. The summed E-state index contributed by atoms with van der Waals surface area (Å²) in [5.41, 5.74) is 0. The fourth-order valence-corrected chi connectivity index (χ4v) is 8.45. The molecule has 67 heavy (non-hydrogen) atoms. The summed E-state index contributed by atoms with van der Waals surface area (Å²) in [5.74, 6) is -0.909. The van der Waals surface area contributed by atoms with E-state index in [1.165, 1.54) is 180 Å². The molecule has 0 aromatic rings. The lowest BCUT2D eigenvalue weighted by Crippen LogP contribution is -2.30. The van der Waals surface area contributed by atoms with Gasteiger partial charge in [0, 0.05) is 19.3 Å². The maximum atomic E-state index is 12.7. The van der Waals surface area contributed by atoms with Crippen LogP contribution in [0.3, 0.4) is 0 Å². The summed E-state index contributed by atoms with van der Waals surface area (Å²) in [6, 6.07) is 0. The highest BCUT2D eigenvalue weighted by Gasteiger charge is 2.19. The van der Waals surface area contributed by atoms with E-state index >= 15 is 0 Å². The number of carbonyl (C=O) groups excluding carboxylic acids is 3. The van der Waals surface area contributed by atoms with Crippen LogP contribution in [0.5, 0.6) is 0 Å². The molecule has 0 aliphatic carbocycles. The van der Waals surface area contributed by atoms with Crippen molar-refractivity contribution in [3.8, 4) is 0 Å². The minimum absolute atomic E-state index is 0.0822. The van der Waals surface area contributed by atoms with Crippen LogP contribution in [0.25, 0.3) is 0 Å². The van der Waals surface area contributed by atoms with Crippen LogP contribution in [-0.2, 0) is 28.6 Å². The van der Waals surface area contributed by atoms with Gasteiger partial charge in [-0.2, -0.15) is 0 Å². The van der Waals surface area contributed by atoms with Crippen molar-refractivity contribution in [3.05, 3.63) is 48.6 Å². The fraction of sp³-hybridized carbons (Fsp3) is 0.820. The normalized spacial score (nSPS) is 12.3. The van der Waals surface area contributed by atoms with Gasteiger partial charge >= 0.3 is 17.9 Å². The van der Waals surface area contributed by atoms with Crippen molar-refractivity contribution in [3.63, 3.8) is 0 Å². The Balaban J connectivity index is 4.02. The van der Waals surface area contributed by atoms with Crippen LogP contribution in [0.1, 0.15) is 303 Å². The summed E-state index contributed by atoms with van der Waals surface area (Å²) in [5, 5.41) is 0. The monoisotopic (exact) mass is 939 g/mol. The smallest absolute Gasteiger partial charge is 0.306 e. The van der Waals surface area contributed by atoms with E-state index in [9.17, 15) is 14.4 Å². The number of carbonyl (C=O) groups is 3. The van der Waals surface area contributed by atoms with Gasteiger partial charge in [-0.3, -0.25) is 14.4 Å². The summed E-state index contributed by atoms with van der Waals surface area (Å²) in [7, 11) is 0. The summed E-state index contributed by atoms with van der Waals surface area (Å²) in [4.78, 5) is 37.8. The molecule has 6 heteroatoms. The largest absolute Gasteiger partial charge is 0.462 e. The number of unbranched alkanes of at least 4 members (excludes halogenated alkanes) is 34. The van der Waals surface area contributed by atoms with E-state index in [4.69, 9.17) is 14.2 Å². The lowest BCUT2D eigenvalue weighted by molar-refractivity contribution is -0.167. The van der Waals surface area contributed by atoms with E-state index in [1.807, 2.05) is 0 Å². The van der Waals surface area contributed by atoms with Crippen LogP contribution in [0.4, 0.5) is 0 Å². The third-order valence-corrected chi connectivity index (χ3v) is 12.8. The van der Waals surface area contributed by atoms with Gasteiger partial charge in [-0.1, -0.05) is 256 Å². The highest BCUT2D eigenvalue weighted by Crippen LogP contribution is 2.16. The molecule has 0 bridgehead atoms. The molecule has 1 atom stereocenters. The van der Waals surface area contributed by atoms with Gasteiger partial charge in [0.25, 0.3) is 0 Å². The predicted molar refractivity (Wildman–Crippen MR) is 289 cm³/mol. The average Bonchev–Trinajstić information content (AvgIpc) is 3.33. The molecule has 6 nitrogen and oxygen atoms in total. The van der Waals surface area contributed by atoms with E-state index in [0.717, 1.165) is 83.5 Å². The molecular weight excluding hydrogens is 829 g/mol. The Morgan fingerprint density at radius 1 is 0.313 bits per heavy atom. The molecule has 0 rings (SSSR count). The average molecular weight is 940 g/mol. The Labute approximate surface area is 416 Å². The van der Waals surface area contributed by atoms with Gasteiger partial charge in [0.05, 0.1) is 0 Å². The van der Waals surface area contributed by atoms with Crippen molar-refractivity contribution < 1.29 is 28.6 Å². The molecule has 0 amide bonds. The Kier molecular flexibility index (Phi) is 53.8. The molecule has 0 saturated heterocycles. The predicted octanol–water partition coefficient (Wildman–Crippen LogP) is 19.4. The van der Waals surface area contributed by atoms with E-state index in [-0.39, 0.29) is 31.1 Å². The SMILES string of the molecule is CC/C=C\C/C=C\C/C=C\CCCCCC(=O)OC(COC(=O)CCCCCCCCC)COC(=O)CCCCCCCCCCCCCCCCCCC/C=C\CCCCCCCCCC. The Morgan fingerprint density at radius 3 is 0.940 bits per heavy atom. The van der Waals surface area contributed by atoms with Crippen LogP contribution in [0.2, 0.25) is 0 Å². The minimum Gasteiger partial charge on any atom is -0.462 e. The zero-order valence-electron chi connectivity index (χ0n) is 44.7. The molecule has 0 spiro atoms. The lowest BCUT2D eigenvalue weighted by Gasteiger charge is -2.18. The van der Waals surface area contributed by atoms with Crippen LogP contribution in [0, 0.1) is 0 Å². The van der Waals surface area contributed by atoms with Crippen molar-refractivity contribution in [1.82, 2.24) is 0 Å². The first-order valence-corrected chi connectivity index (χ1v) is 29.1. The highest BCUT2D eigenvalue weighted by molar-refractivity contribution is 5.71. The molecule has 0 heterocycles. The molecule has 0 fully saturated rings. The van der Waals surface area contributed by atoms with Gasteiger partial charge in [0.1, 0.15) is 13.2 Å². The first kappa shape index (κ1) is 64.4. The van der Waals surface area contributed by atoms with Crippen molar-refractivity contribution in [2.24, 2.45) is 0 Å². The number of esters is 3. The second-order valence-electron chi connectivity index (χ2n) is 19.5. The topological polar surface area (TPSA) is 78.9 Å². The van der Waals surface area contributed by atoms with Crippen LogP contribution in [0.15, 0.2) is 48.6 Å². The maximum absolute atomic E-state index is 12.7. The van der Waals surface area contributed by atoms with Crippen molar-refractivity contribution in [1.29, 1.82) is 0 Å². The first-order chi connectivity index (χ1) is 33.0. The molecule has 0 aromatic heterocycles. The number of hydrogen-bond acceptors (Lipinski definition) is 6. The molecule has 390 valence electrons. The fourth-order valence-electron chi connectivity index (χ4n) is 8.45. The summed E-state index contributed by atoms with van der Waals surface area (Å²) >= 11 is 0. The lowest BCUT2D eigenvalue weighted by atomic mass is 10.0. The molecule has 0 radical (unpaired) electrons. The second-order valence-corrected chi connectivity index (χ2v) is 19.5. The van der Waals surface area contributed by atoms with Crippen LogP contribution in [-0.4, -0.2) is 37.2 Å². The molecule has 0 saturated carbocycles. The summed E-state index contributed by atoms with van der Waals surface area (Å²) in [6.45, 7) is 6.48. The summed E-state index contributed by atoms with van der Waals surface area (Å²) < 4.78 is 16.7. The van der Waals surface area contributed by atoms with Crippen molar-refractivity contribution in [2.45, 2.75) is 309 Å². The maximum Gasteiger partial charge on any atom is 0.306 e. The minimum atomic E-state index is -0.783. The standard InChI is InChI=1S/C61H110O6/c1-4-7-10-13-16-18-20-22-23-24-25-26-27-28-29-30-31-32-33-34-35-36-37-39-40-42-45-48-51-54-60(63)66-57-58(56-65-59(62)53-50-47-44-15-12-9-6-3)67-61(64)55-52-49-46-43-41-38-21-19-17-14-11-8-5-2/h8,11,17,19,24-25,38,41,58H,4-7,9-10,12-16,18,20-23,26-37,39-40,42-57H2,1-3H3/b11-8-,19-17-,25-24-,41-38-. The summed E-state index contributed by atoms with van der Waals surface area (Å²) in [6.07, 6.45) is 68.7. The first-order valence-electron chi connectivity index (χ1n) is 29.1. The van der Waals surface area contributed by atoms with Gasteiger partial charge in [-0.25, -0.2) is 0 Å². The van der Waals surface area contributed by atoms with E-state index in [2.05, 4.69) is 69.4 Å². The van der Waals surface area contributed by atoms with Crippen molar-refractivity contribution >= 4 is 17.9 Å². The van der Waals surface area contributed by atoms with Gasteiger partial charge < -0.3 is 14.2 Å². The third kappa shape index (κ3) is 54.2. The van der Waals surface area contributed by atoms with E-state index < -0.39 is 6.10 Å². The number of ether oxygens (including phenoxy) is 3. The van der Waals surface area contributed by atoms with Crippen LogP contribution < -0.4 is 0 Å². The van der Waals surface area contributed by atoms with E-state index in [0.29, 0.717) is 19.3 Å². The highest BCUT2D eigenvalue weighted by atomic mass is 16.6. The molecule has 0 aromatic carbocycles. The number of hydrogen-bond donors (Lipinski definition) is 0. The molecule has 0 aliphatic rings. The molecule has 0 aliphatic heterocycles. The number of rotatable bonds is 53. The Morgan fingerprint density at radius 2 is 0.582 bits per heavy atom. The molecule has 0 N–H and O–H groups in total. The van der Waals surface area contributed by atoms with Gasteiger partial charge in [0.15, 0.2) is 6.10 Å². The quantitative estimate of drug-likeness (QED) is 0.0262. The molecule has 1 unspecified atom stereocenters. The zero-order chi connectivity index (χ0) is 48.6. The van der Waals surface area contributed by atoms with Gasteiger partial charge in [-0.15, -0.1) is 0 Å². The van der Waals surface area contributed by atoms with Crippen LogP contribution >= 0.6 is 0 Å². The Hall–Kier alpha value is -2.63.